The van der Waals surface area contributed by atoms with E-state index >= 15 is 0 Å². The first-order valence-corrected chi connectivity index (χ1v) is 5.71. The lowest BCUT2D eigenvalue weighted by Gasteiger charge is -2.13. The molecule has 0 bridgehead atoms. The zero-order chi connectivity index (χ0) is 12.4. The largest absolute Gasteiger partial charge is 0.399 e. The monoisotopic (exact) mass is 223 g/mol. The molecule has 0 aromatic heterocycles. The summed E-state index contributed by atoms with van der Waals surface area (Å²) in [5.74, 6) is 0. The number of nitrogen functional groups attached to an aromatic ring is 1. The lowest BCUT2D eigenvalue weighted by atomic mass is 9.93. The third kappa shape index (κ3) is 2.09. The van der Waals surface area contributed by atoms with Crippen molar-refractivity contribution in [3.05, 3.63) is 71.3 Å². The van der Waals surface area contributed by atoms with E-state index in [0.29, 0.717) is 0 Å². The molecule has 2 aromatic rings. The average Bonchev–Trinajstić information content (AvgIpc) is 2.36. The van der Waals surface area contributed by atoms with Gasteiger partial charge in [0.1, 0.15) is 0 Å². The van der Waals surface area contributed by atoms with E-state index in [1.807, 2.05) is 37.3 Å². The van der Waals surface area contributed by atoms with Crippen molar-refractivity contribution in [1.82, 2.24) is 0 Å². The van der Waals surface area contributed by atoms with Gasteiger partial charge < -0.3 is 5.73 Å². The molecule has 2 N–H and O–H groups in total. The predicted octanol–water partition coefficient (Wildman–Crippen LogP) is 3.95. The molecule has 17 heavy (non-hydrogen) atoms. The van der Waals surface area contributed by atoms with Crippen molar-refractivity contribution < 1.29 is 0 Å². The van der Waals surface area contributed by atoms with Crippen molar-refractivity contribution in [3.8, 4) is 0 Å². The zero-order valence-corrected chi connectivity index (χ0v) is 10.3. The molecule has 0 radical (unpaired) electrons. The zero-order valence-electron chi connectivity index (χ0n) is 10.3. The molecule has 0 saturated carbocycles. The fourth-order valence-corrected chi connectivity index (χ4v) is 1.96. The highest BCUT2D eigenvalue weighted by Gasteiger charge is 2.08. The molecule has 0 heterocycles. The first-order chi connectivity index (χ1) is 8.11. The molecule has 0 fully saturated rings. The van der Waals surface area contributed by atoms with Gasteiger partial charge in [0.2, 0.25) is 0 Å². The van der Waals surface area contributed by atoms with E-state index in [-0.39, 0.29) is 0 Å². The SMILES string of the molecule is C=C(c1ccccc1)c1ccc(N)c(C)c1C. The van der Waals surface area contributed by atoms with E-state index in [9.17, 15) is 0 Å². The number of benzene rings is 2. The molecule has 0 aliphatic heterocycles. The van der Waals surface area contributed by atoms with E-state index in [2.05, 4.69) is 25.6 Å². The number of rotatable bonds is 2. The molecular formula is C16H17N. The van der Waals surface area contributed by atoms with E-state index in [0.717, 1.165) is 22.4 Å². The van der Waals surface area contributed by atoms with Crippen molar-refractivity contribution in [1.29, 1.82) is 0 Å². The van der Waals surface area contributed by atoms with Gasteiger partial charge in [-0.05, 0) is 47.7 Å². The predicted molar refractivity (Wildman–Crippen MR) is 74.9 cm³/mol. The second-order valence-corrected chi connectivity index (χ2v) is 4.30. The van der Waals surface area contributed by atoms with Crippen molar-refractivity contribution in [2.24, 2.45) is 0 Å². The highest BCUT2D eigenvalue weighted by Crippen LogP contribution is 2.28. The Morgan fingerprint density at radius 1 is 0.941 bits per heavy atom. The number of nitrogens with two attached hydrogens (primary N) is 1. The van der Waals surface area contributed by atoms with E-state index in [4.69, 9.17) is 5.73 Å². The minimum atomic E-state index is 0.840. The fraction of sp³-hybridized carbons (Fsp3) is 0.125. The summed E-state index contributed by atoms with van der Waals surface area (Å²) >= 11 is 0. The Bertz CT molecular complexity index is 553. The average molecular weight is 223 g/mol. The molecule has 86 valence electrons. The van der Waals surface area contributed by atoms with Gasteiger partial charge in [0, 0.05) is 5.69 Å². The molecule has 0 unspecified atom stereocenters. The Kier molecular flexibility index (Phi) is 3.01. The van der Waals surface area contributed by atoms with Crippen LogP contribution < -0.4 is 5.73 Å². The molecular weight excluding hydrogens is 206 g/mol. The maximum atomic E-state index is 5.90. The van der Waals surface area contributed by atoms with Crippen LogP contribution in [0.3, 0.4) is 0 Å². The summed E-state index contributed by atoms with van der Waals surface area (Å²) in [5.41, 5.74) is 12.5. The minimum Gasteiger partial charge on any atom is -0.399 e. The van der Waals surface area contributed by atoms with E-state index in [1.54, 1.807) is 0 Å². The minimum absolute atomic E-state index is 0.840. The lowest BCUT2D eigenvalue weighted by molar-refractivity contribution is 1.32. The smallest absolute Gasteiger partial charge is 0.0346 e. The molecule has 2 aromatic carbocycles. The van der Waals surface area contributed by atoms with Gasteiger partial charge in [-0.3, -0.25) is 0 Å². The topological polar surface area (TPSA) is 26.0 Å². The van der Waals surface area contributed by atoms with Gasteiger partial charge >= 0.3 is 0 Å². The summed E-state index contributed by atoms with van der Waals surface area (Å²) in [6, 6.07) is 14.2. The van der Waals surface area contributed by atoms with E-state index < -0.39 is 0 Å². The van der Waals surface area contributed by atoms with Crippen molar-refractivity contribution in [2.45, 2.75) is 13.8 Å². The molecule has 1 nitrogen and oxygen atoms in total. The normalized spacial score (nSPS) is 10.2. The van der Waals surface area contributed by atoms with Crippen LogP contribution in [0.5, 0.6) is 0 Å². The van der Waals surface area contributed by atoms with Gasteiger partial charge in [-0.25, -0.2) is 0 Å². The van der Waals surface area contributed by atoms with Crippen molar-refractivity contribution in [3.63, 3.8) is 0 Å². The first kappa shape index (κ1) is 11.5. The van der Waals surface area contributed by atoms with Gasteiger partial charge in [0.15, 0.2) is 0 Å². The Morgan fingerprint density at radius 3 is 2.24 bits per heavy atom. The summed E-state index contributed by atoms with van der Waals surface area (Å²) in [5, 5.41) is 0. The van der Waals surface area contributed by atoms with Crippen LogP contribution in [0.15, 0.2) is 49.0 Å². The van der Waals surface area contributed by atoms with Gasteiger partial charge in [-0.15, -0.1) is 0 Å². The second kappa shape index (κ2) is 4.46. The van der Waals surface area contributed by atoms with Crippen LogP contribution in [0.1, 0.15) is 22.3 Å². The Labute approximate surface area is 103 Å². The van der Waals surface area contributed by atoms with Gasteiger partial charge in [-0.1, -0.05) is 43.0 Å². The van der Waals surface area contributed by atoms with Crippen LogP contribution in [0.4, 0.5) is 5.69 Å². The Hall–Kier alpha value is -2.02. The maximum absolute atomic E-state index is 5.90. The fourth-order valence-electron chi connectivity index (χ4n) is 1.96. The number of anilines is 1. The van der Waals surface area contributed by atoms with Crippen LogP contribution in [0.2, 0.25) is 0 Å². The molecule has 0 aliphatic carbocycles. The lowest BCUT2D eigenvalue weighted by Crippen LogP contribution is -1.97. The van der Waals surface area contributed by atoms with Crippen LogP contribution in [0, 0.1) is 13.8 Å². The molecule has 1 heteroatoms. The molecule has 0 aliphatic rings. The van der Waals surface area contributed by atoms with Crippen LogP contribution >= 0.6 is 0 Å². The van der Waals surface area contributed by atoms with Gasteiger partial charge in [0.25, 0.3) is 0 Å². The quantitative estimate of drug-likeness (QED) is 0.766. The van der Waals surface area contributed by atoms with Crippen LogP contribution in [-0.4, -0.2) is 0 Å². The molecule has 0 saturated heterocycles. The van der Waals surface area contributed by atoms with E-state index in [1.165, 1.54) is 11.1 Å². The highest BCUT2D eigenvalue weighted by molar-refractivity contribution is 5.81. The molecule has 0 atom stereocenters. The summed E-state index contributed by atoms with van der Waals surface area (Å²) < 4.78 is 0. The third-order valence-corrected chi connectivity index (χ3v) is 3.28. The maximum Gasteiger partial charge on any atom is 0.0346 e. The summed E-state index contributed by atoms with van der Waals surface area (Å²) in [7, 11) is 0. The first-order valence-electron chi connectivity index (χ1n) is 5.71. The molecule has 2 rings (SSSR count). The second-order valence-electron chi connectivity index (χ2n) is 4.30. The summed E-state index contributed by atoms with van der Waals surface area (Å²) in [6.45, 7) is 8.33. The van der Waals surface area contributed by atoms with Crippen LogP contribution in [0.25, 0.3) is 5.57 Å². The number of hydrogen-bond acceptors (Lipinski definition) is 1. The van der Waals surface area contributed by atoms with Crippen molar-refractivity contribution >= 4 is 11.3 Å². The molecule has 0 amide bonds. The summed E-state index contributed by atoms with van der Waals surface area (Å²) in [6.07, 6.45) is 0. The van der Waals surface area contributed by atoms with Gasteiger partial charge in [-0.2, -0.15) is 0 Å². The third-order valence-electron chi connectivity index (χ3n) is 3.28. The Balaban J connectivity index is 2.49. The number of hydrogen-bond donors (Lipinski definition) is 1. The van der Waals surface area contributed by atoms with Crippen LogP contribution in [-0.2, 0) is 0 Å². The Morgan fingerprint density at radius 2 is 1.59 bits per heavy atom. The summed E-state index contributed by atoms with van der Waals surface area (Å²) in [4.78, 5) is 0. The molecule has 0 spiro atoms. The van der Waals surface area contributed by atoms with Crippen molar-refractivity contribution in [2.75, 3.05) is 5.73 Å². The van der Waals surface area contributed by atoms with Gasteiger partial charge in [0.05, 0.1) is 0 Å². The highest BCUT2D eigenvalue weighted by atomic mass is 14.6. The standard InChI is InChI=1S/C16H17N/c1-11-12(2)16(17)10-9-15(11)13(3)14-7-5-4-6-8-14/h4-10H,3,17H2,1-2H3.